The van der Waals surface area contributed by atoms with Gasteiger partial charge in [-0.2, -0.15) is 15.3 Å². The number of ether oxygens (including phenoxy) is 2. The van der Waals surface area contributed by atoms with Crippen LogP contribution in [0.15, 0.2) is 47.4 Å². The van der Waals surface area contributed by atoms with Crippen molar-refractivity contribution in [1.82, 2.24) is 14.6 Å². The predicted molar refractivity (Wildman–Crippen MR) is 154 cm³/mol. The number of nitrogens with one attached hydrogen (secondary N) is 1. The first-order valence-electron chi connectivity index (χ1n) is 14.0. The maximum Gasteiger partial charge on any atom is 0.459 e. The van der Waals surface area contributed by atoms with Crippen LogP contribution < -0.4 is 21.0 Å². The average Bonchev–Trinajstić information content (AvgIpc) is 3.21. The first-order chi connectivity index (χ1) is 20.0. The molecule has 2 heterocycles. The monoisotopic (exact) mass is 605 g/mol. The molecule has 1 fully saturated rings. The van der Waals surface area contributed by atoms with Gasteiger partial charge in [-0.25, -0.2) is 9.36 Å². The van der Waals surface area contributed by atoms with E-state index in [2.05, 4.69) is 23.9 Å². The molecule has 6 atom stereocenters. The Morgan fingerprint density at radius 3 is 2.55 bits per heavy atom. The molecule has 0 aliphatic carbocycles. The fourth-order valence-corrected chi connectivity index (χ4v) is 6.25. The molecule has 42 heavy (non-hydrogen) atoms. The largest absolute Gasteiger partial charge is 0.464 e. The summed E-state index contributed by atoms with van der Waals surface area (Å²) in [5.41, 5.74) is 3.20. The Bertz CT molecular complexity index is 1330. The number of nitrogens with two attached hydrogens (primary N) is 1. The third-order valence-corrected chi connectivity index (χ3v) is 8.71. The van der Waals surface area contributed by atoms with Gasteiger partial charge in [-0.05, 0) is 50.8 Å². The summed E-state index contributed by atoms with van der Waals surface area (Å²) >= 11 is 0. The van der Waals surface area contributed by atoms with Gasteiger partial charge in [0.25, 0.3) is 0 Å². The smallest absolute Gasteiger partial charge is 0.459 e. The maximum absolute atomic E-state index is 13.9. The Balaban J connectivity index is 1.77. The number of nitriles is 1. The van der Waals surface area contributed by atoms with Crippen molar-refractivity contribution in [2.45, 2.75) is 77.9 Å². The van der Waals surface area contributed by atoms with Gasteiger partial charge < -0.3 is 24.8 Å². The van der Waals surface area contributed by atoms with Crippen LogP contribution in [0.25, 0.3) is 0 Å². The van der Waals surface area contributed by atoms with Gasteiger partial charge in [0.1, 0.15) is 35.2 Å². The molecule has 0 radical (unpaired) electrons. The summed E-state index contributed by atoms with van der Waals surface area (Å²) in [6.07, 6.45) is 1.18. The molecule has 13 nitrogen and oxygen atoms in total. The van der Waals surface area contributed by atoms with Gasteiger partial charge in [0.15, 0.2) is 6.23 Å². The van der Waals surface area contributed by atoms with Crippen LogP contribution in [-0.4, -0.2) is 52.1 Å². The topological polar surface area (TPSA) is 188 Å². The van der Waals surface area contributed by atoms with Crippen LogP contribution >= 0.6 is 7.75 Å². The van der Waals surface area contributed by atoms with Crippen LogP contribution in [-0.2, 0) is 23.4 Å². The number of nitrogen functional groups attached to an aromatic ring is 1. The molecule has 1 aromatic carbocycles. The first-order valence-corrected chi connectivity index (χ1v) is 15.5. The summed E-state index contributed by atoms with van der Waals surface area (Å²) in [6.45, 7) is 6.77. The molecule has 1 aliphatic heterocycles. The van der Waals surface area contributed by atoms with Crippen LogP contribution in [0.4, 0.5) is 5.82 Å². The van der Waals surface area contributed by atoms with E-state index >= 15 is 0 Å². The number of anilines is 1. The number of rotatable bonds is 15. The lowest BCUT2D eigenvalue weighted by atomic mass is 9.84. The lowest BCUT2D eigenvalue weighted by Gasteiger charge is -2.26. The molecule has 1 unspecified atom stereocenters. The van der Waals surface area contributed by atoms with Crippen molar-refractivity contribution < 1.29 is 33.0 Å². The molecule has 4 N–H and O–H groups in total. The Labute approximate surface area is 245 Å². The second kappa shape index (κ2) is 14.8. The summed E-state index contributed by atoms with van der Waals surface area (Å²) < 4.78 is 37.7. The van der Waals surface area contributed by atoms with Gasteiger partial charge in [-0.1, -0.05) is 44.9 Å². The molecular weight excluding hydrogens is 565 g/mol. The van der Waals surface area contributed by atoms with E-state index in [1.807, 2.05) is 6.07 Å². The third kappa shape index (κ3) is 8.18. The molecule has 14 heteroatoms. The summed E-state index contributed by atoms with van der Waals surface area (Å²) in [6, 6.07) is 10.5. The molecule has 0 amide bonds. The van der Waals surface area contributed by atoms with Crippen molar-refractivity contribution in [2.75, 3.05) is 18.9 Å². The van der Waals surface area contributed by atoms with E-state index in [0.717, 1.165) is 30.3 Å². The average molecular weight is 606 g/mol. The van der Waals surface area contributed by atoms with E-state index in [0.29, 0.717) is 0 Å². The number of aliphatic hydroxyl groups is 1. The summed E-state index contributed by atoms with van der Waals surface area (Å²) in [7, 11) is -4.28. The van der Waals surface area contributed by atoms with Gasteiger partial charge in [0.05, 0.1) is 19.3 Å². The lowest BCUT2D eigenvalue weighted by Crippen LogP contribution is -2.40. The highest BCUT2D eigenvalue weighted by atomic mass is 31.2. The highest BCUT2D eigenvalue weighted by molar-refractivity contribution is 7.52. The van der Waals surface area contributed by atoms with Crippen molar-refractivity contribution >= 4 is 19.5 Å². The minimum absolute atomic E-state index is 0.0164. The minimum Gasteiger partial charge on any atom is -0.464 e. The molecule has 230 valence electrons. The number of esters is 1. The number of para-hydroxylation sites is 1. The van der Waals surface area contributed by atoms with Crippen LogP contribution in [0.3, 0.4) is 0 Å². The normalized spacial score (nSPS) is 24.1. The number of carbonyl (C=O) groups excluding carboxylic acids is 1. The summed E-state index contributed by atoms with van der Waals surface area (Å²) in [5.74, 6) is -0.214. The highest BCUT2D eigenvalue weighted by Crippen LogP contribution is 2.48. The second-order valence-electron chi connectivity index (χ2n) is 10.5. The lowest BCUT2D eigenvalue weighted by molar-refractivity contribution is -0.146. The zero-order valence-corrected chi connectivity index (χ0v) is 25.2. The van der Waals surface area contributed by atoms with Gasteiger partial charge in [0.2, 0.25) is 0 Å². The molecule has 0 bridgehead atoms. The molecule has 1 aromatic heterocycles. The van der Waals surface area contributed by atoms with Crippen molar-refractivity contribution in [1.29, 1.82) is 5.26 Å². The first kappa shape index (κ1) is 33.2. The van der Waals surface area contributed by atoms with Crippen LogP contribution in [0.1, 0.15) is 59.6 Å². The standard InChI is InChI=1S/C28H40N5O8P/c1-5-10-20(11-6-2)16-38-25(35)19(3)32-42(37,41-21-12-8-7-9-13-21)39-17-22-24(34)28(4,18-29)26(40-22)33-15-14-23(30)31-27(33)36/h7-9,12-15,19-20,22,24,26,34H,5-6,10-11,16-17H2,1-4H3,(H,32,37)(H2,30,31,36)/t19-,22+,24+,26+,28+,42?/m0/s1. The molecule has 2 aromatic rings. The number of benzene rings is 1. The molecule has 1 saturated heterocycles. The second-order valence-corrected chi connectivity index (χ2v) is 12.2. The quantitative estimate of drug-likeness (QED) is 0.198. The van der Waals surface area contributed by atoms with Gasteiger partial charge in [0, 0.05) is 6.20 Å². The summed E-state index contributed by atoms with van der Waals surface area (Å²) in [4.78, 5) is 28.9. The number of aliphatic hydroxyl groups excluding tert-OH is 1. The van der Waals surface area contributed by atoms with Crippen molar-refractivity contribution in [2.24, 2.45) is 11.3 Å². The maximum atomic E-state index is 13.9. The molecule has 0 saturated carbocycles. The third-order valence-electron chi connectivity index (χ3n) is 7.07. The van der Waals surface area contributed by atoms with E-state index in [9.17, 15) is 24.5 Å². The highest BCUT2D eigenvalue weighted by Gasteiger charge is 2.55. The van der Waals surface area contributed by atoms with Crippen molar-refractivity contribution in [3.63, 3.8) is 0 Å². The van der Waals surface area contributed by atoms with Crippen molar-refractivity contribution in [3.8, 4) is 11.8 Å². The Morgan fingerprint density at radius 1 is 1.29 bits per heavy atom. The minimum atomic E-state index is -4.28. The predicted octanol–water partition coefficient (Wildman–Crippen LogP) is 3.56. The van der Waals surface area contributed by atoms with E-state index in [4.69, 9.17) is 24.3 Å². The zero-order chi connectivity index (χ0) is 30.9. The SMILES string of the molecule is CCCC(CCC)COC(=O)[C@H](C)NP(=O)(OC[C@H]1O[C@@H](n2ccc(N)nc2=O)[C@](C)(C#N)[C@@H]1O)Oc1ccccc1. The van der Waals surface area contributed by atoms with Crippen LogP contribution in [0, 0.1) is 22.7 Å². The van der Waals surface area contributed by atoms with E-state index in [1.54, 1.807) is 30.3 Å². The summed E-state index contributed by atoms with van der Waals surface area (Å²) in [5, 5.41) is 23.6. The van der Waals surface area contributed by atoms with E-state index in [-0.39, 0.29) is 24.1 Å². The Hall–Kier alpha value is -3.27. The Kier molecular flexibility index (Phi) is 11.7. The molecule has 0 spiro atoms. The fourth-order valence-electron chi connectivity index (χ4n) is 4.75. The van der Waals surface area contributed by atoms with Crippen molar-refractivity contribution in [3.05, 3.63) is 53.1 Å². The van der Waals surface area contributed by atoms with Gasteiger partial charge in [-0.15, -0.1) is 0 Å². The van der Waals surface area contributed by atoms with Crippen LogP contribution in [0.5, 0.6) is 5.75 Å². The number of nitrogens with zero attached hydrogens (tertiary/aromatic N) is 3. The zero-order valence-electron chi connectivity index (χ0n) is 24.3. The molecular formula is C28H40N5O8P. The number of hydrogen-bond donors (Lipinski definition) is 3. The van der Waals surface area contributed by atoms with E-state index in [1.165, 1.54) is 26.1 Å². The number of carbonyl (C=O) groups is 1. The van der Waals surface area contributed by atoms with Crippen LogP contribution in [0.2, 0.25) is 0 Å². The number of aromatic nitrogens is 2. The molecule has 3 rings (SSSR count). The number of hydrogen-bond acceptors (Lipinski definition) is 11. The fraction of sp³-hybridized carbons (Fsp3) is 0.571. The van der Waals surface area contributed by atoms with Gasteiger partial charge in [-0.3, -0.25) is 13.9 Å². The molecule has 1 aliphatic rings. The van der Waals surface area contributed by atoms with E-state index < -0.39 is 55.9 Å². The van der Waals surface area contributed by atoms with Gasteiger partial charge >= 0.3 is 19.4 Å². The Morgan fingerprint density at radius 2 is 1.95 bits per heavy atom.